The molecule has 1 heterocycles. The first-order valence-corrected chi connectivity index (χ1v) is 6.20. The summed E-state index contributed by atoms with van der Waals surface area (Å²) in [7, 11) is 0. The normalized spacial score (nSPS) is 12.7. The van der Waals surface area contributed by atoms with Gasteiger partial charge in [0.25, 0.3) is 0 Å². The van der Waals surface area contributed by atoms with Crippen LogP contribution < -0.4 is 5.32 Å². The fourth-order valence-electron chi connectivity index (χ4n) is 1.67. The lowest BCUT2D eigenvalue weighted by atomic mass is 10.2. The highest BCUT2D eigenvalue weighted by atomic mass is 35.5. The second kappa shape index (κ2) is 5.25. The first-order chi connectivity index (χ1) is 9.66. The maximum absolute atomic E-state index is 13.4. The lowest BCUT2D eigenvalue weighted by Gasteiger charge is -2.19. The van der Waals surface area contributed by atoms with E-state index in [0.29, 0.717) is 11.9 Å². The van der Waals surface area contributed by atoms with E-state index in [1.807, 2.05) is 0 Å². The van der Waals surface area contributed by atoms with Crippen LogP contribution in [0.2, 0.25) is 5.02 Å². The molecule has 114 valence electrons. The Morgan fingerprint density at radius 1 is 1.14 bits per heavy atom. The highest BCUT2D eigenvalue weighted by Crippen LogP contribution is 2.43. The van der Waals surface area contributed by atoms with Crippen LogP contribution in [0.15, 0.2) is 18.2 Å². The minimum absolute atomic E-state index is 0.0904. The molecule has 0 saturated heterocycles. The molecule has 0 atom stereocenters. The molecule has 0 bridgehead atoms. The van der Waals surface area contributed by atoms with Crippen LogP contribution in [0.4, 0.5) is 27.8 Å². The second-order valence-electron chi connectivity index (χ2n) is 4.16. The van der Waals surface area contributed by atoms with Crippen LogP contribution in [-0.2, 0) is 5.92 Å². The SMILES string of the molecule is CCNc1nc(C(F)(F)C(F)(F)F)nc2cc(Cl)ccc12. The molecule has 0 unspecified atom stereocenters. The maximum Gasteiger partial charge on any atom is 0.461 e. The monoisotopic (exact) mass is 325 g/mol. The molecule has 0 aliphatic carbocycles. The first-order valence-electron chi connectivity index (χ1n) is 5.83. The van der Waals surface area contributed by atoms with Gasteiger partial charge in [0.2, 0.25) is 5.82 Å². The highest BCUT2D eigenvalue weighted by molar-refractivity contribution is 6.31. The highest BCUT2D eigenvalue weighted by Gasteiger charge is 2.61. The summed E-state index contributed by atoms with van der Waals surface area (Å²) in [5, 5.41) is 3.12. The Bertz CT molecular complexity index is 672. The molecule has 3 nitrogen and oxygen atoms in total. The van der Waals surface area contributed by atoms with Gasteiger partial charge in [0.05, 0.1) is 5.52 Å². The Balaban J connectivity index is 2.71. The van der Waals surface area contributed by atoms with Crippen molar-refractivity contribution < 1.29 is 22.0 Å². The van der Waals surface area contributed by atoms with Crippen molar-refractivity contribution in [3.8, 4) is 0 Å². The second-order valence-corrected chi connectivity index (χ2v) is 4.60. The molecule has 9 heteroatoms. The Kier molecular flexibility index (Phi) is 3.92. The third-order valence-corrected chi connectivity index (χ3v) is 2.88. The van der Waals surface area contributed by atoms with Crippen LogP contribution in [0.3, 0.4) is 0 Å². The average Bonchev–Trinajstić information content (AvgIpc) is 2.36. The molecule has 0 saturated carbocycles. The number of nitrogens with zero attached hydrogens (tertiary/aromatic N) is 2. The number of anilines is 1. The van der Waals surface area contributed by atoms with Crippen molar-refractivity contribution in [2.45, 2.75) is 19.0 Å². The number of nitrogens with one attached hydrogen (secondary N) is 1. The average molecular weight is 326 g/mol. The van der Waals surface area contributed by atoms with Crippen LogP contribution in [0.5, 0.6) is 0 Å². The van der Waals surface area contributed by atoms with Crippen molar-refractivity contribution in [1.29, 1.82) is 0 Å². The van der Waals surface area contributed by atoms with Gasteiger partial charge in [-0.3, -0.25) is 0 Å². The van der Waals surface area contributed by atoms with Gasteiger partial charge in [0, 0.05) is 17.0 Å². The van der Waals surface area contributed by atoms with Gasteiger partial charge in [-0.05, 0) is 25.1 Å². The van der Waals surface area contributed by atoms with Gasteiger partial charge in [-0.1, -0.05) is 11.6 Å². The lowest BCUT2D eigenvalue weighted by molar-refractivity contribution is -0.292. The summed E-state index contributed by atoms with van der Waals surface area (Å²) in [6.45, 7) is 1.96. The molecule has 21 heavy (non-hydrogen) atoms. The fraction of sp³-hybridized carbons (Fsp3) is 0.333. The molecule has 0 amide bonds. The first kappa shape index (κ1) is 15.7. The molecule has 0 aliphatic heterocycles. The van der Waals surface area contributed by atoms with Crippen LogP contribution >= 0.6 is 11.6 Å². The van der Waals surface area contributed by atoms with Gasteiger partial charge in [0.1, 0.15) is 5.82 Å². The number of alkyl halides is 5. The number of fused-ring (bicyclic) bond motifs is 1. The lowest BCUT2D eigenvalue weighted by Crippen LogP contribution is -2.35. The van der Waals surface area contributed by atoms with E-state index in [0.717, 1.165) is 0 Å². The Hall–Kier alpha value is -1.70. The smallest absolute Gasteiger partial charge is 0.370 e. The van der Waals surface area contributed by atoms with E-state index in [4.69, 9.17) is 11.6 Å². The van der Waals surface area contributed by atoms with Crippen molar-refractivity contribution in [3.05, 3.63) is 29.0 Å². The predicted molar refractivity (Wildman–Crippen MR) is 68.7 cm³/mol. The number of benzene rings is 1. The van der Waals surface area contributed by atoms with Crippen molar-refractivity contribution in [1.82, 2.24) is 9.97 Å². The summed E-state index contributed by atoms with van der Waals surface area (Å²) in [5.74, 6) is -6.85. The summed E-state index contributed by atoms with van der Waals surface area (Å²) < 4.78 is 64.1. The van der Waals surface area contributed by atoms with Crippen molar-refractivity contribution >= 4 is 28.3 Å². The summed E-state index contributed by atoms with van der Waals surface area (Å²) >= 11 is 5.71. The van der Waals surface area contributed by atoms with Gasteiger partial charge in [0.15, 0.2) is 0 Å². The molecule has 2 rings (SSSR count). The number of hydrogen-bond donors (Lipinski definition) is 1. The van der Waals surface area contributed by atoms with Crippen LogP contribution in [-0.4, -0.2) is 22.7 Å². The molecule has 1 N–H and O–H groups in total. The van der Waals surface area contributed by atoms with Crippen LogP contribution in [0.25, 0.3) is 10.9 Å². The maximum atomic E-state index is 13.4. The fourth-order valence-corrected chi connectivity index (χ4v) is 1.84. The van der Waals surface area contributed by atoms with E-state index >= 15 is 0 Å². The van der Waals surface area contributed by atoms with Crippen molar-refractivity contribution in [3.63, 3.8) is 0 Å². The zero-order chi connectivity index (χ0) is 15.8. The van der Waals surface area contributed by atoms with Gasteiger partial charge < -0.3 is 5.32 Å². The minimum atomic E-state index is -5.78. The molecule has 2 aromatic rings. The molecule has 0 aliphatic rings. The molecule has 0 spiro atoms. The van der Waals surface area contributed by atoms with Gasteiger partial charge in [-0.25, -0.2) is 9.97 Å². The molecule has 1 aromatic carbocycles. The van der Waals surface area contributed by atoms with Crippen molar-refractivity contribution in [2.24, 2.45) is 0 Å². The Morgan fingerprint density at radius 3 is 2.38 bits per heavy atom. The zero-order valence-corrected chi connectivity index (χ0v) is 11.4. The third-order valence-electron chi connectivity index (χ3n) is 2.64. The predicted octanol–water partition coefficient (Wildman–Crippen LogP) is 4.37. The van der Waals surface area contributed by atoms with Gasteiger partial charge in [-0.2, -0.15) is 22.0 Å². The van der Waals surface area contributed by atoms with Crippen molar-refractivity contribution in [2.75, 3.05) is 11.9 Å². The van der Waals surface area contributed by atoms with E-state index in [1.165, 1.54) is 18.2 Å². The van der Waals surface area contributed by atoms with E-state index in [9.17, 15) is 22.0 Å². The van der Waals surface area contributed by atoms with Crippen LogP contribution in [0, 0.1) is 0 Å². The molecular formula is C12H9ClF5N3. The topological polar surface area (TPSA) is 37.8 Å². The number of aromatic nitrogens is 2. The standard InChI is InChI=1S/C12H9ClF5N3/c1-2-19-9-7-4-3-6(13)5-8(7)20-10(21-9)11(14,15)12(16,17)18/h3-5H,2H2,1H3,(H,19,20,21). The number of hydrogen-bond acceptors (Lipinski definition) is 3. The summed E-state index contributed by atoms with van der Waals surface area (Å²) in [5.41, 5.74) is -0.0904. The molecular weight excluding hydrogens is 317 g/mol. The number of rotatable bonds is 3. The van der Waals surface area contributed by atoms with E-state index < -0.39 is 17.9 Å². The summed E-state index contributed by atoms with van der Waals surface area (Å²) in [6.07, 6.45) is -5.78. The zero-order valence-electron chi connectivity index (χ0n) is 10.6. The van der Waals surface area contributed by atoms with E-state index in [2.05, 4.69) is 15.3 Å². The number of halogens is 6. The molecule has 0 fully saturated rings. The van der Waals surface area contributed by atoms with Gasteiger partial charge in [-0.15, -0.1) is 0 Å². The van der Waals surface area contributed by atoms with Crippen LogP contribution in [0.1, 0.15) is 12.7 Å². The largest absolute Gasteiger partial charge is 0.461 e. The Labute approximate surface area is 121 Å². The quantitative estimate of drug-likeness (QED) is 0.852. The van der Waals surface area contributed by atoms with E-state index in [1.54, 1.807) is 6.92 Å². The summed E-state index contributed by atoms with van der Waals surface area (Å²) in [4.78, 5) is 6.63. The van der Waals surface area contributed by atoms with Gasteiger partial charge >= 0.3 is 12.1 Å². The van der Waals surface area contributed by atoms with E-state index in [-0.39, 0.29) is 16.4 Å². The third kappa shape index (κ3) is 2.85. The summed E-state index contributed by atoms with van der Waals surface area (Å²) in [6, 6.07) is 4.12. The minimum Gasteiger partial charge on any atom is -0.370 e. The molecule has 1 aromatic heterocycles. The Morgan fingerprint density at radius 2 is 1.81 bits per heavy atom. The molecule has 0 radical (unpaired) electrons.